The topological polar surface area (TPSA) is 113 Å². The first-order valence-electron chi connectivity index (χ1n) is 9.80. The van der Waals surface area contributed by atoms with E-state index in [1.807, 2.05) is 0 Å². The Labute approximate surface area is 179 Å². The monoisotopic (exact) mass is 443 g/mol. The highest BCUT2D eigenvalue weighted by molar-refractivity contribution is 7.90. The number of esters is 1. The minimum absolute atomic E-state index is 0.000235. The Kier molecular flexibility index (Phi) is 5.26. The predicted octanol–water partition coefficient (Wildman–Crippen LogP) is 1.21. The van der Waals surface area contributed by atoms with Crippen molar-refractivity contribution in [3.05, 3.63) is 53.3 Å². The minimum Gasteiger partial charge on any atom is -0.451 e. The molecule has 1 atom stereocenters. The lowest BCUT2D eigenvalue weighted by molar-refractivity contribution is -0.141. The standard InChI is InChI=1S/C21H21N3O6S/c1-13(19(26)16-5-6-18-15(12-16)7-9-24(18)14(2)25)30-21(27)17-4-3-8-23-10-11-31(28,29)22-20(17)23/h3-6,8,12-13H,7,9-11H2,1-2H3/t13-/m0/s1. The summed E-state index contributed by atoms with van der Waals surface area (Å²) in [5, 5.41) is 0. The van der Waals surface area contributed by atoms with E-state index in [1.165, 1.54) is 19.9 Å². The molecule has 0 saturated carbocycles. The van der Waals surface area contributed by atoms with Crippen LogP contribution in [0.4, 0.5) is 5.69 Å². The lowest BCUT2D eigenvalue weighted by atomic mass is 10.0. The number of nitrogens with zero attached hydrogens (tertiary/aromatic N) is 3. The highest BCUT2D eigenvalue weighted by atomic mass is 32.2. The van der Waals surface area contributed by atoms with Crippen LogP contribution in [-0.4, -0.2) is 61.8 Å². The molecule has 0 saturated heterocycles. The molecule has 9 nitrogen and oxygen atoms in total. The van der Waals surface area contributed by atoms with E-state index in [1.54, 1.807) is 40.3 Å². The van der Waals surface area contributed by atoms with Crippen LogP contribution in [0.1, 0.15) is 29.8 Å². The van der Waals surface area contributed by atoms with Gasteiger partial charge < -0.3 is 14.5 Å². The highest BCUT2D eigenvalue weighted by Crippen LogP contribution is 2.29. The van der Waals surface area contributed by atoms with E-state index < -0.39 is 22.1 Å². The van der Waals surface area contributed by atoms with Crippen LogP contribution in [0.3, 0.4) is 0 Å². The van der Waals surface area contributed by atoms with Crippen molar-refractivity contribution in [2.75, 3.05) is 23.7 Å². The maximum absolute atomic E-state index is 12.8. The number of anilines is 1. The highest BCUT2D eigenvalue weighted by Gasteiger charge is 2.32. The van der Waals surface area contributed by atoms with Gasteiger partial charge in [-0.2, -0.15) is 0 Å². The molecule has 0 aliphatic carbocycles. The third-order valence-electron chi connectivity index (χ3n) is 5.37. The molecule has 1 amide bonds. The number of rotatable bonds is 4. The third-order valence-corrected chi connectivity index (χ3v) is 6.52. The third kappa shape index (κ3) is 4.02. The molecule has 4 rings (SSSR count). The molecule has 10 heteroatoms. The quantitative estimate of drug-likeness (QED) is 0.508. The Bertz CT molecular complexity index is 1180. The molecule has 0 bridgehead atoms. The first kappa shape index (κ1) is 21.0. The number of hydrogen-bond donors (Lipinski definition) is 0. The van der Waals surface area contributed by atoms with Crippen LogP contribution >= 0.6 is 0 Å². The van der Waals surface area contributed by atoms with Gasteiger partial charge in [-0.05, 0) is 49.3 Å². The van der Waals surface area contributed by atoms with Crippen molar-refractivity contribution in [3.8, 4) is 0 Å². The SMILES string of the molecule is CC(=O)N1CCc2cc(C(=O)[C@H](C)OC(=O)C3=CC=CN4CCS(=O)(=O)N=C34)ccc21. The average molecular weight is 443 g/mol. The van der Waals surface area contributed by atoms with Gasteiger partial charge in [0, 0.05) is 37.5 Å². The van der Waals surface area contributed by atoms with E-state index >= 15 is 0 Å². The van der Waals surface area contributed by atoms with Crippen molar-refractivity contribution in [2.24, 2.45) is 4.40 Å². The first-order chi connectivity index (χ1) is 14.7. The number of benzene rings is 1. The molecule has 0 aromatic heterocycles. The fourth-order valence-electron chi connectivity index (χ4n) is 3.77. The van der Waals surface area contributed by atoms with Gasteiger partial charge in [0.1, 0.15) is 5.57 Å². The summed E-state index contributed by atoms with van der Waals surface area (Å²) in [4.78, 5) is 40.4. The van der Waals surface area contributed by atoms with Gasteiger partial charge in [-0.25, -0.2) is 13.2 Å². The van der Waals surface area contributed by atoms with Gasteiger partial charge in [0.15, 0.2) is 11.9 Å². The molecule has 3 aliphatic rings. The van der Waals surface area contributed by atoms with E-state index in [0.29, 0.717) is 18.5 Å². The van der Waals surface area contributed by atoms with Crippen molar-refractivity contribution in [2.45, 2.75) is 26.4 Å². The molecule has 3 aliphatic heterocycles. The molecule has 0 unspecified atom stereocenters. The predicted molar refractivity (Wildman–Crippen MR) is 113 cm³/mol. The smallest absolute Gasteiger partial charge is 0.342 e. The van der Waals surface area contributed by atoms with Crippen LogP contribution in [0.15, 0.2) is 46.5 Å². The molecule has 0 N–H and O–H groups in total. The summed E-state index contributed by atoms with van der Waals surface area (Å²) in [7, 11) is -3.66. The number of carbonyl (C=O) groups is 3. The zero-order chi connectivity index (χ0) is 22.3. The normalized spacial score (nSPS) is 19.7. The zero-order valence-corrected chi connectivity index (χ0v) is 17.9. The van der Waals surface area contributed by atoms with Crippen molar-refractivity contribution in [1.82, 2.24) is 4.90 Å². The number of allylic oxidation sites excluding steroid dienone is 2. The first-order valence-corrected chi connectivity index (χ1v) is 11.4. The van der Waals surface area contributed by atoms with E-state index in [-0.39, 0.29) is 35.4 Å². The molecular weight excluding hydrogens is 422 g/mol. The molecule has 1 aromatic carbocycles. The molecule has 0 radical (unpaired) electrons. The van der Waals surface area contributed by atoms with Crippen LogP contribution in [0.5, 0.6) is 0 Å². The van der Waals surface area contributed by atoms with E-state index in [9.17, 15) is 22.8 Å². The number of fused-ring (bicyclic) bond motifs is 2. The number of carbonyl (C=O) groups excluding carboxylic acids is 3. The fraction of sp³-hybridized carbons (Fsp3) is 0.333. The minimum atomic E-state index is -3.66. The van der Waals surface area contributed by atoms with Gasteiger partial charge in [-0.3, -0.25) is 9.59 Å². The summed E-state index contributed by atoms with van der Waals surface area (Å²) in [5.74, 6) is -1.41. The largest absolute Gasteiger partial charge is 0.451 e. The molecule has 0 fully saturated rings. The number of ether oxygens (including phenoxy) is 1. The second kappa shape index (κ2) is 7.77. The Balaban J connectivity index is 1.50. The van der Waals surface area contributed by atoms with Crippen molar-refractivity contribution in [1.29, 1.82) is 0 Å². The Morgan fingerprint density at radius 3 is 2.71 bits per heavy atom. The van der Waals surface area contributed by atoms with Gasteiger partial charge in [0.25, 0.3) is 10.0 Å². The van der Waals surface area contributed by atoms with Crippen LogP contribution in [-0.2, 0) is 30.8 Å². The van der Waals surface area contributed by atoms with Gasteiger partial charge in [0.2, 0.25) is 11.7 Å². The van der Waals surface area contributed by atoms with Crippen LogP contribution in [0, 0.1) is 0 Å². The van der Waals surface area contributed by atoms with Gasteiger partial charge in [0.05, 0.1) is 5.75 Å². The number of sulfonamides is 1. The van der Waals surface area contributed by atoms with E-state index in [0.717, 1.165) is 11.3 Å². The maximum Gasteiger partial charge on any atom is 0.342 e. The summed E-state index contributed by atoms with van der Waals surface area (Å²) in [6, 6.07) is 5.04. The Morgan fingerprint density at radius 2 is 1.97 bits per heavy atom. The second-order valence-electron chi connectivity index (χ2n) is 7.49. The van der Waals surface area contributed by atoms with Crippen molar-refractivity contribution >= 4 is 39.2 Å². The molecule has 3 heterocycles. The molecule has 1 aromatic rings. The fourth-order valence-corrected chi connectivity index (χ4v) is 4.76. The Morgan fingerprint density at radius 1 is 1.19 bits per heavy atom. The van der Waals surface area contributed by atoms with E-state index in [2.05, 4.69) is 4.40 Å². The van der Waals surface area contributed by atoms with Gasteiger partial charge in [-0.1, -0.05) is 0 Å². The molecular formula is C21H21N3O6S. The number of amides is 1. The summed E-state index contributed by atoms with van der Waals surface area (Å²) >= 11 is 0. The molecule has 31 heavy (non-hydrogen) atoms. The van der Waals surface area contributed by atoms with Gasteiger partial charge in [-0.15, -0.1) is 4.40 Å². The van der Waals surface area contributed by atoms with Gasteiger partial charge >= 0.3 is 5.97 Å². The van der Waals surface area contributed by atoms with Crippen molar-refractivity contribution < 1.29 is 27.5 Å². The van der Waals surface area contributed by atoms with Crippen LogP contribution in [0.2, 0.25) is 0 Å². The molecule has 162 valence electrons. The maximum atomic E-state index is 12.8. The summed E-state index contributed by atoms with van der Waals surface area (Å²) in [6.45, 7) is 3.71. The van der Waals surface area contributed by atoms with Crippen LogP contribution < -0.4 is 4.90 Å². The number of hydrogen-bond acceptors (Lipinski definition) is 7. The lowest BCUT2D eigenvalue weighted by Crippen LogP contribution is -2.40. The number of ketones is 1. The zero-order valence-electron chi connectivity index (χ0n) is 17.1. The summed E-state index contributed by atoms with van der Waals surface area (Å²) in [6.07, 6.45) is 4.21. The summed E-state index contributed by atoms with van der Waals surface area (Å²) < 4.78 is 32.7. The second-order valence-corrected chi connectivity index (χ2v) is 9.25. The number of amidine groups is 1. The van der Waals surface area contributed by atoms with Crippen molar-refractivity contribution in [3.63, 3.8) is 0 Å². The van der Waals surface area contributed by atoms with Crippen LogP contribution in [0.25, 0.3) is 0 Å². The van der Waals surface area contributed by atoms with E-state index in [4.69, 9.17) is 4.74 Å². The summed E-state index contributed by atoms with van der Waals surface area (Å²) in [5.41, 5.74) is 2.03. The molecule has 0 spiro atoms. The average Bonchev–Trinajstić information content (AvgIpc) is 3.15. The Hall–Kier alpha value is -3.27. The number of Topliss-reactive ketones (excluding diaryl/α,β-unsaturated/α-hetero) is 1. The lowest BCUT2D eigenvalue weighted by Gasteiger charge is -2.28.